The SMILES string of the molecule is CC(C)CCC(=O)N[C@@H](CC(=O)N1CCCC[C@@H]1C)C(=O)N[C@H](C)c1nc2c(F)cccc2[nH]1. The second-order valence-electron chi connectivity index (χ2n) is 9.68. The number of carbonyl (C=O) groups is 3. The van der Waals surface area contributed by atoms with Gasteiger partial charge in [-0.15, -0.1) is 0 Å². The highest BCUT2D eigenvalue weighted by molar-refractivity contribution is 5.92. The topological polar surface area (TPSA) is 107 Å². The van der Waals surface area contributed by atoms with E-state index in [0.29, 0.717) is 30.2 Å². The number of nitrogens with one attached hydrogen (secondary N) is 3. The van der Waals surface area contributed by atoms with Gasteiger partial charge in [-0.25, -0.2) is 9.37 Å². The highest BCUT2D eigenvalue weighted by Crippen LogP contribution is 2.20. The van der Waals surface area contributed by atoms with Crippen LogP contribution in [0.15, 0.2) is 18.2 Å². The number of piperidine rings is 1. The lowest BCUT2D eigenvalue weighted by Crippen LogP contribution is -2.51. The van der Waals surface area contributed by atoms with Gasteiger partial charge in [0.15, 0.2) is 5.82 Å². The monoisotopic (exact) mass is 473 g/mol. The molecule has 0 bridgehead atoms. The number of hydrogen-bond donors (Lipinski definition) is 3. The lowest BCUT2D eigenvalue weighted by molar-refractivity contribution is -0.138. The molecule has 3 atom stereocenters. The number of nitrogens with zero attached hydrogens (tertiary/aromatic N) is 2. The molecule has 34 heavy (non-hydrogen) atoms. The second-order valence-corrected chi connectivity index (χ2v) is 9.68. The Morgan fingerprint density at radius 1 is 1.21 bits per heavy atom. The number of likely N-dealkylation sites (tertiary alicyclic amines) is 1. The van der Waals surface area contributed by atoms with E-state index in [2.05, 4.69) is 20.6 Å². The van der Waals surface area contributed by atoms with Crippen molar-refractivity contribution >= 4 is 28.8 Å². The van der Waals surface area contributed by atoms with E-state index in [1.165, 1.54) is 6.07 Å². The smallest absolute Gasteiger partial charge is 0.243 e. The predicted octanol–water partition coefficient (Wildman–Crippen LogP) is 3.59. The van der Waals surface area contributed by atoms with Crippen molar-refractivity contribution in [2.75, 3.05) is 6.54 Å². The number of imidazole rings is 1. The van der Waals surface area contributed by atoms with Crippen molar-refractivity contribution in [1.29, 1.82) is 0 Å². The van der Waals surface area contributed by atoms with Gasteiger partial charge in [-0.2, -0.15) is 0 Å². The quantitative estimate of drug-likeness (QED) is 0.517. The van der Waals surface area contributed by atoms with E-state index in [0.717, 1.165) is 19.3 Å². The highest BCUT2D eigenvalue weighted by atomic mass is 19.1. The van der Waals surface area contributed by atoms with Crippen molar-refractivity contribution in [2.45, 2.75) is 84.3 Å². The summed E-state index contributed by atoms with van der Waals surface area (Å²) in [5, 5.41) is 5.59. The molecule has 3 N–H and O–H groups in total. The molecular weight excluding hydrogens is 437 g/mol. The minimum Gasteiger partial charge on any atom is -0.345 e. The van der Waals surface area contributed by atoms with E-state index in [9.17, 15) is 18.8 Å². The zero-order valence-corrected chi connectivity index (χ0v) is 20.5. The fourth-order valence-corrected chi connectivity index (χ4v) is 4.26. The fraction of sp³-hybridized carbons (Fsp3) is 0.600. The minimum absolute atomic E-state index is 0.106. The summed E-state index contributed by atoms with van der Waals surface area (Å²) in [4.78, 5) is 47.8. The van der Waals surface area contributed by atoms with Gasteiger partial charge < -0.3 is 20.5 Å². The Kier molecular flexibility index (Phi) is 8.63. The van der Waals surface area contributed by atoms with Crippen LogP contribution in [0.5, 0.6) is 0 Å². The van der Waals surface area contributed by atoms with E-state index in [1.807, 2.05) is 20.8 Å². The number of halogens is 1. The second kappa shape index (κ2) is 11.4. The Labute approximate surface area is 200 Å². The van der Waals surface area contributed by atoms with Crippen LogP contribution in [-0.2, 0) is 14.4 Å². The summed E-state index contributed by atoms with van der Waals surface area (Å²) in [7, 11) is 0. The van der Waals surface area contributed by atoms with Crippen LogP contribution in [0.1, 0.15) is 78.1 Å². The molecule has 2 heterocycles. The van der Waals surface area contributed by atoms with Gasteiger partial charge in [-0.05, 0) is 57.6 Å². The van der Waals surface area contributed by atoms with Crippen LogP contribution >= 0.6 is 0 Å². The average Bonchev–Trinajstić information content (AvgIpc) is 3.23. The summed E-state index contributed by atoms with van der Waals surface area (Å²) in [6, 6.07) is 3.17. The largest absolute Gasteiger partial charge is 0.345 e. The molecule has 1 aromatic heterocycles. The van der Waals surface area contributed by atoms with Crippen LogP contribution in [0.4, 0.5) is 4.39 Å². The Morgan fingerprint density at radius 2 is 1.97 bits per heavy atom. The van der Waals surface area contributed by atoms with Crippen LogP contribution in [0, 0.1) is 11.7 Å². The van der Waals surface area contributed by atoms with Crippen molar-refractivity contribution in [3.8, 4) is 0 Å². The van der Waals surface area contributed by atoms with Gasteiger partial charge in [0.25, 0.3) is 0 Å². The van der Waals surface area contributed by atoms with E-state index >= 15 is 0 Å². The Morgan fingerprint density at radius 3 is 2.65 bits per heavy atom. The Hall–Kier alpha value is -2.97. The maximum atomic E-state index is 14.0. The van der Waals surface area contributed by atoms with Gasteiger partial charge in [0.05, 0.1) is 18.0 Å². The van der Waals surface area contributed by atoms with Crippen molar-refractivity contribution < 1.29 is 18.8 Å². The Balaban J connectivity index is 1.71. The molecule has 3 amide bonds. The lowest BCUT2D eigenvalue weighted by atomic mass is 10.0. The van der Waals surface area contributed by atoms with Crippen LogP contribution in [0.25, 0.3) is 11.0 Å². The molecule has 1 saturated heterocycles. The number of hydrogen-bond acceptors (Lipinski definition) is 4. The van der Waals surface area contributed by atoms with Crippen molar-refractivity contribution in [2.24, 2.45) is 5.92 Å². The molecule has 0 aliphatic carbocycles. The first-order chi connectivity index (χ1) is 16.2. The molecule has 186 valence electrons. The van der Waals surface area contributed by atoms with Gasteiger partial charge in [0.1, 0.15) is 17.4 Å². The van der Waals surface area contributed by atoms with E-state index < -0.39 is 23.8 Å². The molecule has 0 spiro atoms. The summed E-state index contributed by atoms with van der Waals surface area (Å²) in [6.45, 7) is 8.44. The van der Waals surface area contributed by atoms with Crippen molar-refractivity contribution in [3.63, 3.8) is 0 Å². The summed E-state index contributed by atoms with van der Waals surface area (Å²) >= 11 is 0. The molecule has 3 rings (SSSR count). The van der Waals surface area contributed by atoms with Crippen molar-refractivity contribution in [3.05, 3.63) is 29.8 Å². The van der Waals surface area contributed by atoms with Gasteiger partial charge in [-0.3, -0.25) is 14.4 Å². The number of rotatable bonds is 9. The maximum Gasteiger partial charge on any atom is 0.243 e. The van der Waals surface area contributed by atoms with Gasteiger partial charge in [-0.1, -0.05) is 19.9 Å². The molecular formula is C25H36FN5O3. The molecule has 0 radical (unpaired) electrons. The fourth-order valence-electron chi connectivity index (χ4n) is 4.26. The van der Waals surface area contributed by atoms with E-state index in [-0.39, 0.29) is 36.2 Å². The highest BCUT2D eigenvalue weighted by Gasteiger charge is 2.30. The summed E-state index contributed by atoms with van der Waals surface area (Å²) < 4.78 is 14.0. The maximum absolute atomic E-state index is 14.0. The third-order valence-electron chi connectivity index (χ3n) is 6.35. The standard InChI is InChI=1S/C25H36FN5O3/c1-15(2)11-12-21(32)28-20(14-22(33)31-13-6-5-8-16(31)3)25(34)27-17(4)24-29-19-10-7-9-18(26)23(19)30-24/h7,9-10,15-17,20H,5-6,8,11-14H2,1-4H3,(H,27,34)(H,28,32)(H,29,30)/t16-,17+,20-/m0/s1. The van der Waals surface area contributed by atoms with Crippen LogP contribution in [0.3, 0.4) is 0 Å². The number of aromatic nitrogens is 2. The summed E-state index contributed by atoms with van der Waals surface area (Å²) in [5.41, 5.74) is 0.732. The first-order valence-electron chi connectivity index (χ1n) is 12.2. The zero-order chi connectivity index (χ0) is 24.8. The first-order valence-corrected chi connectivity index (χ1v) is 12.2. The molecule has 2 aromatic rings. The number of fused-ring (bicyclic) bond motifs is 1. The molecule has 0 saturated carbocycles. The van der Waals surface area contributed by atoms with Crippen LogP contribution in [0.2, 0.25) is 0 Å². The third kappa shape index (κ3) is 6.55. The number of aromatic amines is 1. The van der Waals surface area contributed by atoms with Crippen LogP contribution in [-0.4, -0.2) is 51.2 Å². The van der Waals surface area contributed by atoms with E-state index in [4.69, 9.17) is 0 Å². The van der Waals surface area contributed by atoms with Gasteiger partial charge in [0.2, 0.25) is 17.7 Å². The van der Waals surface area contributed by atoms with Gasteiger partial charge >= 0.3 is 0 Å². The summed E-state index contributed by atoms with van der Waals surface area (Å²) in [6.07, 6.45) is 3.82. The zero-order valence-electron chi connectivity index (χ0n) is 20.5. The molecule has 1 fully saturated rings. The molecule has 8 nitrogen and oxygen atoms in total. The minimum atomic E-state index is -0.996. The van der Waals surface area contributed by atoms with Crippen LogP contribution < -0.4 is 10.6 Å². The molecule has 1 aliphatic rings. The molecule has 1 aliphatic heterocycles. The molecule has 9 heteroatoms. The van der Waals surface area contributed by atoms with E-state index in [1.54, 1.807) is 24.0 Å². The molecule has 1 aromatic carbocycles. The lowest BCUT2D eigenvalue weighted by Gasteiger charge is -2.34. The number of benzene rings is 1. The van der Waals surface area contributed by atoms with Gasteiger partial charge in [0, 0.05) is 19.0 Å². The average molecular weight is 474 g/mol. The summed E-state index contributed by atoms with van der Waals surface area (Å²) in [5.74, 6) is -0.571. The number of H-pyrrole nitrogens is 1. The molecule has 0 unspecified atom stereocenters. The number of para-hydroxylation sites is 1. The number of carbonyl (C=O) groups excluding carboxylic acids is 3. The Bertz CT molecular complexity index is 1020. The third-order valence-corrected chi connectivity index (χ3v) is 6.35. The number of amides is 3. The first kappa shape index (κ1) is 25.6. The predicted molar refractivity (Wildman–Crippen MR) is 128 cm³/mol. The normalized spacial score (nSPS) is 18.1. The van der Waals surface area contributed by atoms with Crippen molar-refractivity contribution in [1.82, 2.24) is 25.5 Å².